The van der Waals surface area contributed by atoms with Crippen LogP contribution in [0.5, 0.6) is 0 Å². The summed E-state index contributed by atoms with van der Waals surface area (Å²) >= 11 is 1.46. The molecule has 0 spiro atoms. The van der Waals surface area contributed by atoms with Gasteiger partial charge in [0.25, 0.3) is 0 Å². The third kappa shape index (κ3) is 5.20. The van der Waals surface area contributed by atoms with Gasteiger partial charge < -0.3 is 5.32 Å². The maximum Gasteiger partial charge on any atom is 0.389 e. The first kappa shape index (κ1) is 13.1. The van der Waals surface area contributed by atoms with Crippen molar-refractivity contribution in [1.29, 1.82) is 0 Å². The summed E-state index contributed by atoms with van der Waals surface area (Å²) in [4.78, 5) is 7.86. The molecule has 1 N–H and O–H groups in total. The van der Waals surface area contributed by atoms with Crippen molar-refractivity contribution in [2.75, 3.05) is 18.1 Å². The molecule has 0 saturated carbocycles. The molecule has 0 atom stereocenters. The zero-order chi connectivity index (χ0) is 12.0. The van der Waals surface area contributed by atoms with Crippen molar-refractivity contribution in [3.8, 4) is 0 Å². The van der Waals surface area contributed by atoms with Crippen LogP contribution in [0.2, 0.25) is 0 Å². The number of hydrogen-bond donors (Lipinski definition) is 1. The maximum absolute atomic E-state index is 11.8. The Labute approximate surface area is 95.9 Å². The monoisotopic (exact) mass is 251 g/mol. The van der Waals surface area contributed by atoms with Crippen LogP contribution in [-0.4, -0.2) is 28.9 Å². The Hall–Kier alpha value is -0.980. The van der Waals surface area contributed by atoms with Gasteiger partial charge in [0.1, 0.15) is 17.2 Å². The van der Waals surface area contributed by atoms with Gasteiger partial charge in [0.05, 0.1) is 0 Å². The van der Waals surface area contributed by atoms with Crippen LogP contribution >= 0.6 is 11.8 Å². The van der Waals surface area contributed by atoms with Crippen LogP contribution in [0.4, 0.5) is 19.0 Å². The van der Waals surface area contributed by atoms with E-state index in [2.05, 4.69) is 15.3 Å². The molecule has 0 unspecified atom stereocenters. The smallest absolute Gasteiger partial charge is 0.370 e. The number of aromatic nitrogens is 2. The SMILES string of the molecule is CSc1cc(NCCCC(F)(F)F)ncn1. The quantitative estimate of drug-likeness (QED) is 0.496. The van der Waals surface area contributed by atoms with Gasteiger partial charge >= 0.3 is 6.18 Å². The predicted octanol–water partition coefficient (Wildman–Crippen LogP) is 2.95. The molecule has 1 aromatic rings. The van der Waals surface area contributed by atoms with Gasteiger partial charge in [0.2, 0.25) is 0 Å². The molecule has 0 aromatic carbocycles. The first-order chi connectivity index (χ1) is 7.51. The van der Waals surface area contributed by atoms with Crippen LogP contribution in [0, 0.1) is 0 Å². The third-order valence-electron chi connectivity index (χ3n) is 1.79. The van der Waals surface area contributed by atoms with E-state index in [0.717, 1.165) is 5.03 Å². The zero-order valence-electron chi connectivity index (χ0n) is 8.71. The fourth-order valence-electron chi connectivity index (χ4n) is 1.05. The zero-order valence-corrected chi connectivity index (χ0v) is 9.53. The minimum absolute atomic E-state index is 0.0438. The number of hydrogen-bond acceptors (Lipinski definition) is 4. The molecule has 0 amide bonds. The van der Waals surface area contributed by atoms with E-state index in [9.17, 15) is 13.2 Å². The van der Waals surface area contributed by atoms with Crippen molar-refractivity contribution in [2.24, 2.45) is 0 Å². The summed E-state index contributed by atoms with van der Waals surface area (Å²) in [5.74, 6) is 0.557. The molecule has 0 radical (unpaired) electrons. The standard InChI is InChI=1S/C9H12F3N3S/c1-16-8-5-7(14-6-15-8)13-4-2-3-9(10,11)12/h5-6H,2-4H2,1H3,(H,13,14,15). The molecule has 16 heavy (non-hydrogen) atoms. The second-order valence-electron chi connectivity index (χ2n) is 3.09. The molecule has 1 rings (SSSR count). The number of rotatable bonds is 5. The molecule has 0 saturated heterocycles. The van der Waals surface area contributed by atoms with Gasteiger partial charge in [0, 0.05) is 19.0 Å². The van der Waals surface area contributed by atoms with Crippen LogP contribution in [-0.2, 0) is 0 Å². The Morgan fingerprint density at radius 1 is 1.38 bits per heavy atom. The Morgan fingerprint density at radius 3 is 2.75 bits per heavy atom. The van der Waals surface area contributed by atoms with Gasteiger partial charge in [-0.25, -0.2) is 9.97 Å². The van der Waals surface area contributed by atoms with Crippen molar-refractivity contribution in [2.45, 2.75) is 24.0 Å². The molecule has 0 bridgehead atoms. The lowest BCUT2D eigenvalue weighted by Gasteiger charge is -2.07. The number of nitrogens with one attached hydrogen (secondary N) is 1. The number of thioether (sulfide) groups is 1. The first-order valence-electron chi connectivity index (χ1n) is 4.68. The first-order valence-corrected chi connectivity index (χ1v) is 5.90. The van der Waals surface area contributed by atoms with Gasteiger partial charge in [-0.3, -0.25) is 0 Å². The number of anilines is 1. The second kappa shape index (κ2) is 5.93. The van der Waals surface area contributed by atoms with E-state index < -0.39 is 12.6 Å². The normalized spacial score (nSPS) is 11.5. The van der Waals surface area contributed by atoms with Crippen molar-refractivity contribution in [3.63, 3.8) is 0 Å². The highest BCUT2D eigenvalue weighted by Gasteiger charge is 2.25. The molecule has 0 aliphatic rings. The van der Waals surface area contributed by atoms with E-state index in [1.807, 2.05) is 6.26 Å². The highest BCUT2D eigenvalue weighted by Crippen LogP contribution is 2.21. The molecule has 90 valence electrons. The topological polar surface area (TPSA) is 37.8 Å². The highest BCUT2D eigenvalue weighted by atomic mass is 32.2. The molecular formula is C9H12F3N3S. The number of nitrogens with zero attached hydrogens (tertiary/aromatic N) is 2. The molecule has 0 fully saturated rings. The van der Waals surface area contributed by atoms with Crippen LogP contribution in [0.25, 0.3) is 0 Å². The lowest BCUT2D eigenvalue weighted by molar-refractivity contribution is -0.134. The Balaban J connectivity index is 2.32. The molecule has 7 heteroatoms. The van der Waals surface area contributed by atoms with E-state index in [0.29, 0.717) is 5.82 Å². The highest BCUT2D eigenvalue weighted by molar-refractivity contribution is 7.98. The predicted molar refractivity (Wildman–Crippen MR) is 57.6 cm³/mol. The third-order valence-corrected chi connectivity index (χ3v) is 2.44. The fourth-order valence-corrected chi connectivity index (χ4v) is 1.44. The summed E-state index contributed by atoms with van der Waals surface area (Å²) < 4.78 is 35.5. The number of alkyl halides is 3. The lowest BCUT2D eigenvalue weighted by atomic mass is 10.3. The molecule has 3 nitrogen and oxygen atoms in total. The van der Waals surface area contributed by atoms with Crippen LogP contribution in [0.15, 0.2) is 17.4 Å². The van der Waals surface area contributed by atoms with E-state index in [-0.39, 0.29) is 13.0 Å². The minimum Gasteiger partial charge on any atom is -0.370 e. The van der Waals surface area contributed by atoms with Crippen molar-refractivity contribution < 1.29 is 13.2 Å². The van der Waals surface area contributed by atoms with E-state index in [4.69, 9.17) is 0 Å². The average molecular weight is 251 g/mol. The van der Waals surface area contributed by atoms with Gasteiger partial charge in [0.15, 0.2) is 0 Å². The fraction of sp³-hybridized carbons (Fsp3) is 0.556. The Bertz CT molecular complexity index is 330. The molecule has 1 heterocycles. The van der Waals surface area contributed by atoms with Crippen LogP contribution in [0.1, 0.15) is 12.8 Å². The van der Waals surface area contributed by atoms with Gasteiger partial charge in [-0.1, -0.05) is 0 Å². The van der Waals surface area contributed by atoms with E-state index in [1.54, 1.807) is 6.07 Å². The van der Waals surface area contributed by atoms with Gasteiger partial charge in [-0.2, -0.15) is 13.2 Å². The summed E-state index contributed by atoms with van der Waals surface area (Å²) in [7, 11) is 0. The number of halogens is 3. The lowest BCUT2D eigenvalue weighted by Crippen LogP contribution is -2.11. The summed E-state index contributed by atoms with van der Waals surface area (Å²) in [5, 5.41) is 3.61. The average Bonchev–Trinajstić information content (AvgIpc) is 2.23. The molecule has 1 aromatic heterocycles. The van der Waals surface area contributed by atoms with Crippen LogP contribution < -0.4 is 5.32 Å². The van der Waals surface area contributed by atoms with Crippen molar-refractivity contribution in [1.82, 2.24) is 9.97 Å². The summed E-state index contributed by atoms with van der Waals surface area (Å²) in [6.07, 6.45) is -1.56. The summed E-state index contributed by atoms with van der Waals surface area (Å²) in [6, 6.07) is 1.71. The maximum atomic E-state index is 11.8. The summed E-state index contributed by atoms with van der Waals surface area (Å²) in [6.45, 7) is 0.254. The largest absolute Gasteiger partial charge is 0.389 e. The molecule has 0 aliphatic carbocycles. The van der Waals surface area contributed by atoms with Crippen molar-refractivity contribution >= 4 is 17.6 Å². The Kier molecular flexibility index (Phi) is 4.85. The van der Waals surface area contributed by atoms with E-state index in [1.165, 1.54) is 18.1 Å². The molecule has 0 aliphatic heterocycles. The molecular weight excluding hydrogens is 239 g/mol. The van der Waals surface area contributed by atoms with Crippen molar-refractivity contribution in [3.05, 3.63) is 12.4 Å². The minimum atomic E-state index is -4.09. The Morgan fingerprint density at radius 2 is 2.12 bits per heavy atom. The van der Waals surface area contributed by atoms with Gasteiger partial charge in [-0.15, -0.1) is 11.8 Å². The second-order valence-corrected chi connectivity index (χ2v) is 3.92. The van der Waals surface area contributed by atoms with Gasteiger partial charge in [-0.05, 0) is 12.7 Å². The summed E-state index contributed by atoms with van der Waals surface area (Å²) in [5.41, 5.74) is 0. The van der Waals surface area contributed by atoms with Crippen LogP contribution in [0.3, 0.4) is 0 Å². The van der Waals surface area contributed by atoms with E-state index >= 15 is 0 Å².